The number of benzene rings is 2. The molecule has 2 N–H and O–H groups in total. The standard InChI is InChI=1S/C22H24ClN3O6/c1-12(27)24-14-5-6-17(16(23)8-14)25-22(29)13-7-20(28)26(11-13)15-9-18(30-2)21(32-4)19(10-15)31-3/h5-6,8-10,13H,7,11H2,1-4H3,(H,24,27)(H,25,29). The summed E-state index contributed by atoms with van der Waals surface area (Å²) in [4.78, 5) is 38.2. The van der Waals surface area contributed by atoms with Gasteiger partial charge in [-0.25, -0.2) is 0 Å². The van der Waals surface area contributed by atoms with Crippen molar-refractivity contribution in [3.05, 3.63) is 35.4 Å². The Hall–Kier alpha value is -3.46. The third-order valence-electron chi connectivity index (χ3n) is 5.00. The molecular weight excluding hydrogens is 438 g/mol. The number of rotatable bonds is 7. The van der Waals surface area contributed by atoms with Gasteiger partial charge in [-0.1, -0.05) is 11.6 Å². The number of anilines is 3. The molecule has 170 valence electrons. The minimum Gasteiger partial charge on any atom is -0.493 e. The molecule has 0 radical (unpaired) electrons. The van der Waals surface area contributed by atoms with Crippen molar-refractivity contribution >= 4 is 46.4 Å². The summed E-state index contributed by atoms with van der Waals surface area (Å²) in [5.74, 6) is -0.102. The summed E-state index contributed by atoms with van der Waals surface area (Å²) in [6.45, 7) is 1.57. The van der Waals surface area contributed by atoms with Gasteiger partial charge in [-0.3, -0.25) is 14.4 Å². The molecule has 1 aliphatic rings. The molecule has 32 heavy (non-hydrogen) atoms. The van der Waals surface area contributed by atoms with E-state index in [0.717, 1.165) is 0 Å². The summed E-state index contributed by atoms with van der Waals surface area (Å²) in [6, 6.07) is 8.10. The Morgan fingerprint density at radius 2 is 1.69 bits per heavy atom. The van der Waals surface area contributed by atoms with Gasteiger partial charge in [0.2, 0.25) is 23.5 Å². The average Bonchev–Trinajstić information content (AvgIpc) is 3.15. The van der Waals surface area contributed by atoms with Crippen LogP contribution in [0.15, 0.2) is 30.3 Å². The highest BCUT2D eigenvalue weighted by Gasteiger charge is 2.36. The van der Waals surface area contributed by atoms with Crippen molar-refractivity contribution in [2.24, 2.45) is 5.92 Å². The molecule has 1 unspecified atom stereocenters. The molecule has 0 aliphatic carbocycles. The minimum atomic E-state index is -0.576. The highest BCUT2D eigenvalue weighted by Crippen LogP contribution is 2.42. The van der Waals surface area contributed by atoms with Crippen molar-refractivity contribution in [1.29, 1.82) is 0 Å². The summed E-state index contributed by atoms with van der Waals surface area (Å²) in [7, 11) is 4.48. The van der Waals surface area contributed by atoms with Crippen molar-refractivity contribution in [2.45, 2.75) is 13.3 Å². The maximum absolute atomic E-state index is 12.8. The van der Waals surface area contributed by atoms with Gasteiger partial charge in [0.25, 0.3) is 0 Å². The summed E-state index contributed by atoms with van der Waals surface area (Å²) >= 11 is 6.23. The lowest BCUT2D eigenvalue weighted by Crippen LogP contribution is -2.28. The second kappa shape index (κ2) is 9.78. The molecule has 1 atom stereocenters. The maximum atomic E-state index is 12.8. The SMILES string of the molecule is COc1cc(N2CC(C(=O)Nc3ccc(NC(C)=O)cc3Cl)CC2=O)cc(OC)c1OC. The monoisotopic (exact) mass is 461 g/mol. The minimum absolute atomic E-state index is 0.0457. The zero-order valence-electron chi connectivity index (χ0n) is 18.2. The van der Waals surface area contributed by atoms with Crippen LogP contribution in [0.25, 0.3) is 0 Å². The molecule has 2 aromatic carbocycles. The molecule has 0 spiro atoms. The summed E-state index contributed by atoms with van der Waals surface area (Å²) < 4.78 is 16.0. The highest BCUT2D eigenvalue weighted by molar-refractivity contribution is 6.34. The molecule has 10 heteroatoms. The van der Waals surface area contributed by atoms with Gasteiger partial charge < -0.3 is 29.7 Å². The van der Waals surface area contributed by atoms with E-state index in [2.05, 4.69) is 10.6 Å². The van der Waals surface area contributed by atoms with Gasteiger partial charge in [-0.15, -0.1) is 0 Å². The lowest BCUT2D eigenvalue weighted by molar-refractivity contribution is -0.122. The molecule has 1 aliphatic heterocycles. The van der Waals surface area contributed by atoms with E-state index in [0.29, 0.717) is 34.3 Å². The van der Waals surface area contributed by atoms with E-state index in [1.807, 2.05) is 0 Å². The molecule has 3 rings (SSSR count). The van der Waals surface area contributed by atoms with Crippen molar-refractivity contribution in [3.63, 3.8) is 0 Å². The van der Waals surface area contributed by atoms with Crippen molar-refractivity contribution in [3.8, 4) is 17.2 Å². The number of hydrogen-bond donors (Lipinski definition) is 2. The van der Waals surface area contributed by atoms with Crippen molar-refractivity contribution in [2.75, 3.05) is 43.4 Å². The number of hydrogen-bond acceptors (Lipinski definition) is 6. The Kier molecular flexibility index (Phi) is 7.09. The molecule has 3 amide bonds. The smallest absolute Gasteiger partial charge is 0.229 e. The Balaban J connectivity index is 1.76. The van der Waals surface area contributed by atoms with E-state index in [4.69, 9.17) is 25.8 Å². The fourth-order valence-corrected chi connectivity index (χ4v) is 3.72. The third kappa shape index (κ3) is 4.88. The second-order valence-corrected chi connectivity index (χ2v) is 7.56. The van der Waals surface area contributed by atoms with Crippen LogP contribution in [0.1, 0.15) is 13.3 Å². The van der Waals surface area contributed by atoms with E-state index >= 15 is 0 Å². The first-order valence-corrected chi connectivity index (χ1v) is 10.1. The van der Waals surface area contributed by atoms with Gasteiger partial charge in [0.05, 0.1) is 43.6 Å². The first kappa shape index (κ1) is 23.2. The zero-order valence-corrected chi connectivity index (χ0v) is 18.9. The molecule has 0 saturated carbocycles. The fraction of sp³-hybridized carbons (Fsp3) is 0.318. The molecule has 0 bridgehead atoms. The van der Waals surface area contributed by atoms with Crippen LogP contribution in [0.3, 0.4) is 0 Å². The number of methoxy groups -OCH3 is 3. The molecule has 1 heterocycles. The van der Waals surface area contributed by atoms with Gasteiger partial charge in [0.1, 0.15) is 0 Å². The molecular formula is C22H24ClN3O6. The first-order chi connectivity index (χ1) is 15.3. The summed E-state index contributed by atoms with van der Waals surface area (Å²) in [5.41, 5.74) is 1.45. The van der Waals surface area contributed by atoms with Gasteiger partial charge in [-0.05, 0) is 18.2 Å². The quantitative estimate of drug-likeness (QED) is 0.655. The van der Waals surface area contributed by atoms with Crippen LogP contribution in [-0.4, -0.2) is 45.6 Å². The number of carbonyl (C=O) groups is 3. The van der Waals surface area contributed by atoms with Crippen LogP contribution in [0.5, 0.6) is 17.2 Å². The van der Waals surface area contributed by atoms with E-state index in [1.54, 1.807) is 30.3 Å². The van der Waals surface area contributed by atoms with Crippen molar-refractivity contribution < 1.29 is 28.6 Å². The Labute approximate surface area is 190 Å². The molecule has 1 saturated heterocycles. The van der Waals surface area contributed by atoms with Gasteiger partial charge in [-0.2, -0.15) is 0 Å². The van der Waals surface area contributed by atoms with E-state index < -0.39 is 5.92 Å². The second-order valence-electron chi connectivity index (χ2n) is 7.15. The lowest BCUT2D eigenvalue weighted by Gasteiger charge is -2.20. The Bertz CT molecular complexity index is 1030. The summed E-state index contributed by atoms with van der Waals surface area (Å²) in [6.07, 6.45) is 0.0457. The van der Waals surface area contributed by atoms with E-state index in [-0.39, 0.29) is 35.7 Å². The largest absolute Gasteiger partial charge is 0.493 e. The number of nitrogens with one attached hydrogen (secondary N) is 2. The zero-order chi connectivity index (χ0) is 23.4. The number of halogens is 1. The molecule has 0 aromatic heterocycles. The third-order valence-corrected chi connectivity index (χ3v) is 5.32. The Morgan fingerprint density at radius 3 is 2.22 bits per heavy atom. The Morgan fingerprint density at radius 1 is 1.03 bits per heavy atom. The first-order valence-electron chi connectivity index (χ1n) is 9.75. The van der Waals surface area contributed by atoms with Crippen LogP contribution < -0.4 is 29.7 Å². The normalized spacial score (nSPS) is 15.3. The maximum Gasteiger partial charge on any atom is 0.229 e. The van der Waals surface area contributed by atoms with Gasteiger partial charge in [0, 0.05) is 37.7 Å². The average molecular weight is 462 g/mol. The molecule has 1 fully saturated rings. The van der Waals surface area contributed by atoms with Crippen LogP contribution >= 0.6 is 11.6 Å². The van der Waals surface area contributed by atoms with Crippen LogP contribution in [0.2, 0.25) is 5.02 Å². The molecule has 9 nitrogen and oxygen atoms in total. The van der Waals surface area contributed by atoms with Crippen molar-refractivity contribution in [1.82, 2.24) is 0 Å². The van der Waals surface area contributed by atoms with E-state index in [9.17, 15) is 14.4 Å². The van der Waals surface area contributed by atoms with Crippen LogP contribution in [0.4, 0.5) is 17.1 Å². The predicted molar refractivity (Wildman–Crippen MR) is 121 cm³/mol. The lowest BCUT2D eigenvalue weighted by atomic mass is 10.1. The van der Waals surface area contributed by atoms with Gasteiger partial charge >= 0.3 is 0 Å². The number of carbonyl (C=O) groups excluding carboxylic acids is 3. The number of amides is 3. The molecule has 2 aromatic rings. The number of nitrogens with zero attached hydrogens (tertiary/aromatic N) is 1. The number of ether oxygens (including phenoxy) is 3. The predicted octanol–water partition coefficient (Wildman–Crippen LogP) is 3.32. The van der Waals surface area contributed by atoms with E-state index in [1.165, 1.54) is 33.2 Å². The summed E-state index contributed by atoms with van der Waals surface area (Å²) in [5, 5.41) is 5.65. The fourth-order valence-electron chi connectivity index (χ4n) is 3.49. The van der Waals surface area contributed by atoms with Gasteiger partial charge in [0.15, 0.2) is 11.5 Å². The van der Waals surface area contributed by atoms with Crippen LogP contribution in [0, 0.1) is 5.92 Å². The highest BCUT2D eigenvalue weighted by atomic mass is 35.5. The van der Waals surface area contributed by atoms with Crippen LogP contribution in [-0.2, 0) is 14.4 Å². The topological polar surface area (TPSA) is 106 Å².